The van der Waals surface area contributed by atoms with E-state index >= 15 is 0 Å². The summed E-state index contributed by atoms with van der Waals surface area (Å²) in [7, 11) is 1.83. The van der Waals surface area contributed by atoms with Gasteiger partial charge in [-0.3, -0.25) is 9.59 Å². The molecule has 1 atom stereocenters. The molecule has 0 saturated carbocycles. The number of halogens is 1. The van der Waals surface area contributed by atoms with Gasteiger partial charge in [0.25, 0.3) is 0 Å². The summed E-state index contributed by atoms with van der Waals surface area (Å²) in [5.74, 6) is 0.125. The Labute approximate surface area is 171 Å². The predicted molar refractivity (Wildman–Crippen MR) is 109 cm³/mol. The van der Waals surface area contributed by atoms with E-state index in [2.05, 4.69) is 10.3 Å². The van der Waals surface area contributed by atoms with Crippen molar-refractivity contribution in [3.63, 3.8) is 0 Å². The number of para-hydroxylation sites is 1. The number of rotatable bonds is 5. The highest BCUT2D eigenvalue weighted by atomic mass is 32.2. The molecule has 6 nitrogen and oxygen atoms in total. The number of carbonyl (C=O) groups excluding carboxylic acids is 2. The summed E-state index contributed by atoms with van der Waals surface area (Å²) in [5, 5.41) is 2.95. The number of amides is 2. The summed E-state index contributed by atoms with van der Waals surface area (Å²) in [6.45, 7) is -0.0987. The van der Waals surface area contributed by atoms with E-state index in [1.165, 1.54) is 28.8 Å². The van der Waals surface area contributed by atoms with Crippen molar-refractivity contribution in [2.24, 2.45) is 7.05 Å². The Morgan fingerprint density at radius 3 is 2.72 bits per heavy atom. The number of aryl methyl sites for hydroxylation is 1. The van der Waals surface area contributed by atoms with Gasteiger partial charge in [-0.25, -0.2) is 9.37 Å². The molecule has 8 heteroatoms. The number of fused-ring (bicyclic) bond motifs is 1. The van der Waals surface area contributed by atoms with E-state index in [4.69, 9.17) is 0 Å². The van der Waals surface area contributed by atoms with Crippen molar-refractivity contribution >= 4 is 29.3 Å². The molecule has 1 N–H and O–H groups in total. The zero-order chi connectivity index (χ0) is 20.4. The second-order valence-electron chi connectivity index (χ2n) is 6.68. The van der Waals surface area contributed by atoms with Crippen molar-refractivity contribution in [1.82, 2.24) is 14.9 Å². The Hall–Kier alpha value is -3.13. The van der Waals surface area contributed by atoms with Gasteiger partial charge in [0.15, 0.2) is 0 Å². The Kier molecular flexibility index (Phi) is 5.35. The molecule has 2 amide bonds. The van der Waals surface area contributed by atoms with Gasteiger partial charge in [-0.15, -0.1) is 11.8 Å². The Morgan fingerprint density at radius 2 is 2.00 bits per heavy atom. The lowest BCUT2D eigenvalue weighted by molar-refractivity contribution is -0.123. The van der Waals surface area contributed by atoms with Crippen molar-refractivity contribution in [3.8, 4) is 0 Å². The third-order valence-electron chi connectivity index (χ3n) is 4.74. The fourth-order valence-corrected chi connectivity index (χ4v) is 4.22. The first-order chi connectivity index (χ1) is 14.0. The van der Waals surface area contributed by atoms with Crippen LogP contribution < -0.4 is 10.2 Å². The second-order valence-corrected chi connectivity index (χ2v) is 7.70. The summed E-state index contributed by atoms with van der Waals surface area (Å²) in [5.41, 5.74) is 1.44. The summed E-state index contributed by atoms with van der Waals surface area (Å²) >= 11 is 1.47. The van der Waals surface area contributed by atoms with Crippen LogP contribution in [0.3, 0.4) is 0 Å². The molecule has 0 fully saturated rings. The van der Waals surface area contributed by atoms with E-state index in [1.54, 1.807) is 29.1 Å². The van der Waals surface area contributed by atoms with Crippen molar-refractivity contribution in [2.75, 3.05) is 17.2 Å². The number of nitrogens with zero attached hydrogens (tertiary/aromatic N) is 3. The zero-order valence-electron chi connectivity index (χ0n) is 15.7. The van der Waals surface area contributed by atoms with E-state index < -0.39 is 6.04 Å². The van der Waals surface area contributed by atoms with Gasteiger partial charge in [-0.1, -0.05) is 24.3 Å². The van der Waals surface area contributed by atoms with E-state index in [0.29, 0.717) is 17.1 Å². The smallest absolute Gasteiger partial charge is 0.240 e. The fraction of sp³-hybridized carbons (Fsp3) is 0.190. The number of carbonyl (C=O) groups is 2. The normalized spacial score (nSPS) is 14.4. The SMILES string of the molecule is Cn1ccnc1C(NC(=O)CN1C(=O)CSc2ccccc21)c1ccc(F)cc1. The molecule has 0 bridgehead atoms. The molecular weight excluding hydrogens is 391 g/mol. The van der Waals surface area contributed by atoms with Crippen LogP contribution in [0.15, 0.2) is 65.8 Å². The lowest BCUT2D eigenvalue weighted by Crippen LogP contribution is -2.44. The monoisotopic (exact) mass is 410 g/mol. The molecule has 3 aromatic rings. The van der Waals surface area contributed by atoms with Crippen LogP contribution in [-0.4, -0.2) is 33.7 Å². The van der Waals surface area contributed by atoms with Gasteiger partial charge >= 0.3 is 0 Å². The molecule has 1 aromatic heterocycles. The van der Waals surface area contributed by atoms with E-state index in [9.17, 15) is 14.0 Å². The number of hydrogen-bond donors (Lipinski definition) is 1. The van der Waals surface area contributed by atoms with Crippen LogP contribution in [0.1, 0.15) is 17.4 Å². The van der Waals surface area contributed by atoms with Crippen LogP contribution >= 0.6 is 11.8 Å². The Bertz CT molecular complexity index is 1050. The number of imidazole rings is 1. The van der Waals surface area contributed by atoms with Crippen molar-refractivity contribution < 1.29 is 14.0 Å². The number of aromatic nitrogens is 2. The molecular formula is C21H19FN4O2S. The minimum atomic E-state index is -0.562. The number of thioether (sulfide) groups is 1. The van der Waals surface area contributed by atoms with Crippen molar-refractivity contribution in [3.05, 3.63) is 78.1 Å². The van der Waals surface area contributed by atoms with Crippen LogP contribution in [0.25, 0.3) is 0 Å². The molecule has 0 radical (unpaired) electrons. The number of anilines is 1. The van der Waals surface area contributed by atoms with Crippen LogP contribution in [0.4, 0.5) is 10.1 Å². The fourth-order valence-electron chi connectivity index (χ4n) is 3.29. The molecule has 2 heterocycles. The second kappa shape index (κ2) is 8.08. The first-order valence-corrected chi connectivity index (χ1v) is 10.1. The zero-order valence-corrected chi connectivity index (χ0v) is 16.5. The van der Waals surface area contributed by atoms with Crippen LogP contribution in [0.2, 0.25) is 0 Å². The third-order valence-corrected chi connectivity index (χ3v) is 5.78. The van der Waals surface area contributed by atoms with Gasteiger partial charge < -0.3 is 14.8 Å². The standard InChI is InChI=1S/C21H19FN4O2S/c1-25-11-10-23-21(25)20(14-6-8-15(22)9-7-14)24-18(27)12-26-16-4-2-3-5-17(16)29-13-19(26)28/h2-11,20H,12-13H2,1H3,(H,24,27). The highest BCUT2D eigenvalue weighted by Gasteiger charge is 2.28. The lowest BCUT2D eigenvalue weighted by atomic mass is 10.1. The van der Waals surface area contributed by atoms with Crippen molar-refractivity contribution in [2.45, 2.75) is 10.9 Å². The molecule has 29 heavy (non-hydrogen) atoms. The maximum absolute atomic E-state index is 13.4. The molecule has 1 aliphatic heterocycles. The maximum Gasteiger partial charge on any atom is 0.240 e. The minimum Gasteiger partial charge on any atom is -0.341 e. The summed E-state index contributed by atoms with van der Waals surface area (Å²) in [4.78, 5) is 32.1. The molecule has 1 aliphatic rings. The van der Waals surface area contributed by atoms with Gasteiger partial charge in [0, 0.05) is 24.3 Å². The van der Waals surface area contributed by atoms with Gasteiger partial charge in [-0.2, -0.15) is 0 Å². The largest absolute Gasteiger partial charge is 0.341 e. The Balaban J connectivity index is 1.58. The molecule has 1 unspecified atom stereocenters. The molecule has 0 spiro atoms. The first-order valence-electron chi connectivity index (χ1n) is 9.07. The molecule has 148 valence electrons. The first kappa shape index (κ1) is 19.2. The molecule has 0 aliphatic carbocycles. The van der Waals surface area contributed by atoms with Crippen LogP contribution in [0, 0.1) is 5.82 Å². The predicted octanol–water partition coefficient (Wildman–Crippen LogP) is 2.90. The van der Waals surface area contributed by atoms with Gasteiger partial charge in [0.05, 0.1) is 11.4 Å². The quantitative estimate of drug-likeness (QED) is 0.702. The number of nitrogens with one attached hydrogen (secondary N) is 1. The molecule has 2 aromatic carbocycles. The summed E-state index contributed by atoms with van der Waals surface area (Å²) in [6, 6.07) is 12.9. The highest BCUT2D eigenvalue weighted by molar-refractivity contribution is 8.00. The number of hydrogen-bond acceptors (Lipinski definition) is 4. The maximum atomic E-state index is 13.4. The summed E-state index contributed by atoms with van der Waals surface area (Å²) < 4.78 is 15.2. The highest BCUT2D eigenvalue weighted by Crippen LogP contribution is 2.34. The third kappa shape index (κ3) is 4.02. The summed E-state index contributed by atoms with van der Waals surface area (Å²) in [6.07, 6.45) is 3.42. The lowest BCUT2D eigenvalue weighted by Gasteiger charge is -2.29. The van der Waals surface area contributed by atoms with Crippen LogP contribution in [0.5, 0.6) is 0 Å². The van der Waals surface area contributed by atoms with E-state index in [-0.39, 0.29) is 24.2 Å². The minimum absolute atomic E-state index is 0.0987. The van der Waals surface area contributed by atoms with E-state index in [0.717, 1.165) is 10.6 Å². The van der Waals surface area contributed by atoms with Crippen molar-refractivity contribution in [1.29, 1.82) is 0 Å². The van der Waals surface area contributed by atoms with Crippen LogP contribution in [-0.2, 0) is 16.6 Å². The average molecular weight is 410 g/mol. The molecule has 4 rings (SSSR count). The van der Waals surface area contributed by atoms with E-state index in [1.807, 2.05) is 31.3 Å². The molecule has 0 saturated heterocycles. The van der Waals surface area contributed by atoms with Gasteiger partial charge in [-0.05, 0) is 29.8 Å². The number of benzene rings is 2. The van der Waals surface area contributed by atoms with Gasteiger partial charge in [0.2, 0.25) is 11.8 Å². The Morgan fingerprint density at radius 1 is 1.24 bits per heavy atom. The van der Waals surface area contributed by atoms with Gasteiger partial charge in [0.1, 0.15) is 24.2 Å². The average Bonchev–Trinajstić information content (AvgIpc) is 3.15. The topological polar surface area (TPSA) is 67.2 Å².